The molecular weight excluding hydrogens is 256 g/mol. The molecule has 1 heterocycles. The summed E-state index contributed by atoms with van der Waals surface area (Å²) in [5, 5.41) is 12.4. The molecule has 2 amide bonds. The van der Waals surface area contributed by atoms with Crippen LogP contribution in [0.15, 0.2) is 11.6 Å². The molecule has 0 saturated heterocycles. The van der Waals surface area contributed by atoms with Crippen molar-refractivity contribution in [1.82, 2.24) is 10.2 Å². The molecule has 5 heteroatoms. The van der Waals surface area contributed by atoms with E-state index in [1.54, 1.807) is 4.90 Å². The van der Waals surface area contributed by atoms with E-state index in [0.29, 0.717) is 12.5 Å². The summed E-state index contributed by atoms with van der Waals surface area (Å²) >= 11 is 0. The lowest BCUT2D eigenvalue weighted by Gasteiger charge is -2.32. The number of carboxylic acid groups (broad SMARTS) is 1. The summed E-state index contributed by atoms with van der Waals surface area (Å²) in [6, 6.07) is -0.275. The summed E-state index contributed by atoms with van der Waals surface area (Å²) in [7, 11) is 0. The van der Waals surface area contributed by atoms with Crippen molar-refractivity contribution in [2.45, 2.75) is 38.6 Å². The van der Waals surface area contributed by atoms with Crippen LogP contribution in [0.25, 0.3) is 0 Å². The molecule has 2 fully saturated rings. The number of amides is 2. The van der Waals surface area contributed by atoms with E-state index in [-0.39, 0.29) is 23.9 Å². The molecule has 0 aromatic rings. The van der Waals surface area contributed by atoms with E-state index in [9.17, 15) is 14.7 Å². The highest BCUT2D eigenvalue weighted by Gasteiger charge is 2.51. The van der Waals surface area contributed by atoms with Gasteiger partial charge in [0, 0.05) is 19.1 Å². The Morgan fingerprint density at radius 2 is 2.10 bits per heavy atom. The summed E-state index contributed by atoms with van der Waals surface area (Å²) in [5.41, 5.74) is 1.32. The molecule has 3 rings (SSSR count). The van der Waals surface area contributed by atoms with Gasteiger partial charge in [-0.05, 0) is 44.4 Å². The van der Waals surface area contributed by atoms with Gasteiger partial charge >= 0.3 is 12.0 Å². The van der Waals surface area contributed by atoms with Gasteiger partial charge < -0.3 is 15.3 Å². The molecule has 2 N–H and O–H groups in total. The minimum atomic E-state index is -0.753. The van der Waals surface area contributed by atoms with Gasteiger partial charge in [-0.3, -0.25) is 4.79 Å². The molecule has 110 valence electrons. The third kappa shape index (κ3) is 2.30. The number of aliphatic carboxylic acids is 1. The molecule has 0 aromatic heterocycles. The van der Waals surface area contributed by atoms with E-state index < -0.39 is 5.97 Å². The van der Waals surface area contributed by atoms with Crippen LogP contribution >= 0.6 is 0 Å². The molecule has 4 atom stereocenters. The molecule has 20 heavy (non-hydrogen) atoms. The minimum Gasteiger partial charge on any atom is -0.481 e. The van der Waals surface area contributed by atoms with E-state index in [4.69, 9.17) is 0 Å². The Bertz CT molecular complexity index is 460. The van der Waals surface area contributed by atoms with Gasteiger partial charge in [0.05, 0.1) is 5.92 Å². The van der Waals surface area contributed by atoms with Crippen LogP contribution in [0.2, 0.25) is 0 Å². The number of rotatable bonds is 2. The van der Waals surface area contributed by atoms with Gasteiger partial charge in [-0.1, -0.05) is 11.6 Å². The van der Waals surface area contributed by atoms with Gasteiger partial charge in [0.25, 0.3) is 0 Å². The molecule has 2 bridgehead atoms. The lowest BCUT2D eigenvalue weighted by molar-refractivity contribution is -0.144. The van der Waals surface area contributed by atoms with E-state index in [1.807, 2.05) is 0 Å². The maximum absolute atomic E-state index is 12.3. The first-order valence-corrected chi connectivity index (χ1v) is 7.50. The van der Waals surface area contributed by atoms with Crippen molar-refractivity contribution in [2.24, 2.45) is 17.8 Å². The van der Waals surface area contributed by atoms with Crippen LogP contribution in [0.1, 0.15) is 32.6 Å². The average molecular weight is 278 g/mol. The summed E-state index contributed by atoms with van der Waals surface area (Å²) in [5.74, 6) is -0.532. The maximum Gasteiger partial charge on any atom is 0.317 e. The zero-order chi connectivity index (χ0) is 14.3. The molecule has 2 saturated carbocycles. The molecule has 0 aromatic carbocycles. The van der Waals surface area contributed by atoms with Crippen molar-refractivity contribution in [1.29, 1.82) is 0 Å². The largest absolute Gasteiger partial charge is 0.481 e. The highest BCUT2D eigenvalue weighted by Crippen LogP contribution is 2.48. The first-order valence-electron chi connectivity index (χ1n) is 7.50. The van der Waals surface area contributed by atoms with Crippen molar-refractivity contribution in [2.75, 3.05) is 13.1 Å². The Kier molecular flexibility index (Phi) is 3.44. The van der Waals surface area contributed by atoms with Gasteiger partial charge in [-0.25, -0.2) is 4.79 Å². The van der Waals surface area contributed by atoms with Crippen LogP contribution in [0.4, 0.5) is 4.79 Å². The molecule has 0 radical (unpaired) electrons. The van der Waals surface area contributed by atoms with Crippen molar-refractivity contribution >= 4 is 12.0 Å². The second-order valence-electron chi connectivity index (χ2n) is 6.42. The van der Waals surface area contributed by atoms with Crippen molar-refractivity contribution in [3.63, 3.8) is 0 Å². The summed E-state index contributed by atoms with van der Waals surface area (Å²) < 4.78 is 0. The average Bonchev–Trinajstić information content (AvgIpc) is 3.00. The summed E-state index contributed by atoms with van der Waals surface area (Å²) in [4.78, 5) is 25.5. The molecular formula is C15H22N2O3. The Hall–Kier alpha value is -1.52. The Balaban J connectivity index is 1.65. The van der Waals surface area contributed by atoms with Crippen LogP contribution in [-0.4, -0.2) is 41.1 Å². The normalized spacial score (nSPS) is 35.9. The second kappa shape index (κ2) is 5.11. The van der Waals surface area contributed by atoms with Crippen LogP contribution in [-0.2, 0) is 4.79 Å². The quantitative estimate of drug-likeness (QED) is 0.757. The zero-order valence-electron chi connectivity index (χ0n) is 11.8. The lowest BCUT2D eigenvalue weighted by atomic mass is 9.84. The van der Waals surface area contributed by atoms with Crippen LogP contribution in [0.3, 0.4) is 0 Å². The van der Waals surface area contributed by atoms with Crippen molar-refractivity contribution < 1.29 is 14.7 Å². The smallest absolute Gasteiger partial charge is 0.317 e. The first kappa shape index (κ1) is 13.5. The van der Waals surface area contributed by atoms with Crippen molar-refractivity contribution in [3.8, 4) is 0 Å². The van der Waals surface area contributed by atoms with Crippen LogP contribution in [0, 0.1) is 17.8 Å². The fourth-order valence-electron chi connectivity index (χ4n) is 4.04. The number of urea groups is 1. The van der Waals surface area contributed by atoms with Gasteiger partial charge in [-0.2, -0.15) is 0 Å². The summed E-state index contributed by atoms with van der Waals surface area (Å²) in [6.45, 7) is 3.44. The number of carbonyl (C=O) groups is 2. The molecule has 3 aliphatic rings. The van der Waals surface area contributed by atoms with Gasteiger partial charge in [-0.15, -0.1) is 0 Å². The summed E-state index contributed by atoms with van der Waals surface area (Å²) in [6.07, 6.45) is 5.99. The van der Waals surface area contributed by atoms with E-state index in [2.05, 4.69) is 18.3 Å². The Labute approximate surface area is 119 Å². The monoisotopic (exact) mass is 278 g/mol. The van der Waals surface area contributed by atoms with Gasteiger partial charge in [0.15, 0.2) is 0 Å². The fourth-order valence-corrected chi connectivity index (χ4v) is 4.04. The molecule has 1 aliphatic heterocycles. The van der Waals surface area contributed by atoms with Gasteiger partial charge in [0.2, 0.25) is 0 Å². The number of nitrogens with one attached hydrogen (secondary N) is 1. The third-order valence-corrected chi connectivity index (χ3v) is 5.22. The first-order chi connectivity index (χ1) is 9.56. The fraction of sp³-hybridized carbons (Fsp3) is 0.733. The SMILES string of the molecule is CC1=CCN(C(=O)NC2C3CCC(C3)C2C(=O)O)CC1. The number of carbonyl (C=O) groups excluding carboxylic acids is 1. The van der Waals surface area contributed by atoms with E-state index >= 15 is 0 Å². The van der Waals surface area contributed by atoms with E-state index in [1.165, 1.54) is 5.57 Å². The highest BCUT2D eigenvalue weighted by atomic mass is 16.4. The topological polar surface area (TPSA) is 69.6 Å². The van der Waals surface area contributed by atoms with Gasteiger partial charge in [0.1, 0.15) is 0 Å². The molecule has 5 nitrogen and oxygen atoms in total. The zero-order valence-corrected chi connectivity index (χ0v) is 11.8. The predicted molar refractivity (Wildman–Crippen MR) is 74.2 cm³/mol. The predicted octanol–water partition coefficient (Wildman–Crippen LogP) is 1.85. The standard InChI is InChI=1S/C15H22N2O3/c1-9-4-6-17(7-5-9)15(20)16-13-11-3-2-10(8-11)12(13)14(18)19/h4,10-13H,2-3,5-8H2,1H3,(H,16,20)(H,18,19). The number of hydrogen-bond donors (Lipinski definition) is 2. The lowest BCUT2D eigenvalue weighted by Crippen LogP contribution is -2.52. The molecule has 0 spiro atoms. The minimum absolute atomic E-state index is 0.0995. The van der Waals surface area contributed by atoms with Crippen molar-refractivity contribution in [3.05, 3.63) is 11.6 Å². The Morgan fingerprint density at radius 3 is 2.75 bits per heavy atom. The van der Waals surface area contributed by atoms with Crippen LogP contribution in [0.5, 0.6) is 0 Å². The van der Waals surface area contributed by atoms with E-state index in [0.717, 1.165) is 32.2 Å². The Morgan fingerprint density at radius 1 is 1.35 bits per heavy atom. The number of nitrogens with zero attached hydrogens (tertiary/aromatic N) is 1. The second-order valence-corrected chi connectivity index (χ2v) is 6.42. The molecule has 2 aliphatic carbocycles. The maximum atomic E-state index is 12.3. The number of carboxylic acids is 1. The molecule has 4 unspecified atom stereocenters. The number of fused-ring (bicyclic) bond motifs is 2. The highest BCUT2D eigenvalue weighted by molar-refractivity contribution is 5.78. The third-order valence-electron chi connectivity index (χ3n) is 5.22. The van der Waals surface area contributed by atoms with Crippen LogP contribution < -0.4 is 5.32 Å². The number of hydrogen-bond acceptors (Lipinski definition) is 2.